The Labute approximate surface area is 86.7 Å². The summed E-state index contributed by atoms with van der Waals surface area (Å²) < 4.78 is 0. The van der Waals surface area contributed by atoms with E-state index in [1.807, 2.05) is 0 Å². The van der Waals surface area contributed by atoms with Crippen LogP contribution in [0.4, 0.5) is 0 Å². The first-order valence-corrected chi connectivity index (χ1v) is 5.15. The first-order chi connectivity index (χ1) is 6.72. The van der Waals surface area contributed by atoms with Crippen molar-refractivity contribution in [1.82, 2.24) is 4.90 Å². The van der Waals surface area contributed by atoms with Crippen LogP contribution in [0, 0.1) is 0 Å². The average molecular weight is 192 g/mol. The maximum atomic E-state index is 5.47. The fourth-order valence-corrected chi connectivity index (χ4v) is 1.48. The van der Waals surface area contributed by atoms with Crippen molar-refractivity contribution in [2.75, 3.05) is 20.6 Å². The number of aryl methyl sites for hydroxylation is 1. The third kappa shape index (κ3) is 3.90. The van der Waals surface area contributed by atoms with Crippen LogP contribution < -0.4 is 5.73 Å². The molecule has 0 aliphatic heterocycles. The molecule has 0 aliphatic carbocycles. The number of benzene rings is 1. The molecule has 2 nitrogen and oxygen atoms in total. The quantitative estimate of drug-likeness (QED) is 0.768. The average Bonchev–Trinajstić information content (AvgIpc) is 2.16. The fourth-order valence-electron chi connectivity index (χ4n) is 1.48. The third-order valence-electron chi connectivity index (χ3n) is 2.19. The lowest BCUT2D eigenvalue weighted by molar-refractivity contribution is 0.402. The van der Waals surface area contributed by atoms with E-state index in [1.165, 1.54) is 11.1 Å². The minimum absolute atomic E-state index is 0.777. The molecule has 14 heavy (non-hydrogen) atoms. The number of hydrogen-bond donors (Lipinski definition) is 1. The van der Waals surface area contributed by atoms with Crippen LogP contribution in [-0.2, 0) is 13.0 Å². The Balaban J connectivity index is 2.50. The van der Waals surface area contributed by atoms with Gasteiger partial charge in [0.2, 0.25) is 0 Å². The van der Waals surface area contributed by atoms with Gasteiger partial charge in [0.05, 0.1) is 0 Å². The summed E-state index contributed by atoms with van der Waals surface area (Å²) >= 11 is 0. The minimum Gasteiger partial charge on any atom is -0.330 e. The van der Waals surface area contributed by atoms with Gasteiger partial charge in [-0.1, -0.05) is 24.3 Å². The van der Waals surface area contributed by atoms with Crippen LogP contribution >= 0.6 is 0 Å². The SMILES string of the molecule is CN(C)Cc1ccc(CCCN)cc1. The molecule has 2 heteroatoms. The first kappa shape index (κ1) is 11.2. The Bertz CT molecular complexity index is 252. The molecule has 0 aliphatic rings. The summed E-state index contributed by atoms with van der Waals surface area (Å²) in [6, 6.07) is 8.81. The third-order valence-corrected chi connectivity index (χ3v) is 2.19. The Morgan fingerprint density at radius 1 is 1.07 bits per heavy atom. The normalized spacial score (nSPS) is 10.9. The molecule has 0 amide bonds. The van der Waals surface area contributed by atoms with E-state index in [9.17, 15) is 0 Å². The lowest BCUT2D eigenvalue weighted by atomic mass is 10.1. The Morgan fingerprint density at radius 3 is 2.14 bits per heavy atom. The largest absolute Gasteiger partial charge is 0.330 e. The molecule has 78 valence electrons. The van der Waals surface area contributed by atoms with Crippen molar-refractivity contribution >= 4 is 0 Å². The van der Waals surface area contributed by atoms with E-state index < -0.39 is 0 Å². The highest BCUT2D eigenvalue weighted by Crippen LogP contribution is 2.07. The molecule has 0 saturated carbocycles. The van der Waals surface area contributed by atoms with E-state index in [-0.39, 0.29) is 0 Å². The maximum Gasteiger partial charge on any atom is 0.0227 e. The first-order valence-electron chi connectivity index (χ1n) is 5.15. The number of hydrogen-bond acceptors (Lipinski definition) is 2. The van der Waals surface area contributed by atoms with Gasteiger partial charge in [-0.25, -0.2) is 0 Å². The summed E-state index contributed by atoms with van der Waals surface area (Å²) in [7, 11) is 4.17. The second kappa shape index (κ2) is 5.78. The van der Waals surface area contributed by atoms with Crippen LogP contribution in [0.1, 0.15) is 17.5 Å². The summed E-state index contributed by atoms with van der Waals surface area (Å²) in [5.41, 5.74) is 8.22. The molecule has 1 aromatic carbocycles. The highest BCUT2D eigenvalue weighted by molar-refractivity contribution is 5.22. The lowest BCUT2D eigenvalue weighted by Crippen LogP contribution is -2.10. The zero-order valence-corrected chi connectivity index (χ0v) is 9.16. The summed E-state index contributed by atoms with van der Waals surface area (Å²) in [6.45, 7) is 1.79. The van der Waals surface area contributed by atoms with Gasteiger partial charge in [-0.3, -0.25) is 0 Å². The lowest BCUT2D eigenvalue weighted by Gasteiger charge is -2.09. The predicted molar refractivity (Wildman–Crippen MR) is 61.2 cm³/mol. The molecule has 0 atom stereocenters. The maximum absolute atomic E-state index is 5.47. The number of nitrogens with two attached hydrogens (primary N) is 1. The minimum atomic E-state index is 0.777. The molecule has 0 aromatic heterocycles. The molecular formula is C12H20N2. The number of nitrogens with zero attached hydrogens (tertiary/aromatic N) is 1. The van der Waals surface area contributed by atoms with Crippen LogP contribution in [0.5, 0.6) is 0 Å². The molecule has 0 saturated heterocycles. The molecule has 0 fully saturated rings. The van der Waals surface area contributed by atoms with Crippen LogP contribution in [0.25, 0.3) is 0 Å². The van der Waals surface area contributed by atoms with E-state index in [4.69, 9.17) is 5.73 Å². The van der Waals surface area contributed by atoms with Crippen molar-refractivity contribution in [2.24, 2.45) is 5.73 Å². The molecular weight excluding hydrogens is 172 g/mol. The van der Waals surface area contributed by atoms with E-state index in [0.717, 1.165) is 25.9 Å². The van der Waals surface area contributed by atoms with E-state index in [0.29, 0.717) is 0 Å². The fraction of sp³-hybridized carbons (Fsp3) is 0.500. The summed E-state index contributed by atoms with van der Waals surface area (Å²) in [4.78, 5) is 2.18. The molecule has 0 radical (unpaired) electrons. The topological polar surface area (TPSA) is 29.3 Å². The zero-order valence-electron chi connectivity index (χ0n) is 9.16. The van der Waals surface area contributed by atoms with Crippen LogP contribution in [0.2, 0.25) is 0 Å². The van der Waals surface area contributed by atoms with Crippen molar-refractivity contribution in [2.45, 2.75) is 19.4 Å². The molecule has 1 rings (SSSR count). The van der Waals surface area contributed by atoms with Crippen LogP contribution in [0.3, 0.4) is 0 Å². The highest BCUT2D eigenvalue weighted by Gasteiger charge is 1.96. The predicted octanol–water partition coefficient (Wildman–Crippen LogP) is 1.64. The molecule has 2 N–H and O–H groups in total. The molecule has 0 spiro atoms. The van der Waals surface area contributed by atoms with Gasteiger partial charge < -0.3 is 10.6 Å². The summed E-state index contributed by atoms with van der Waals surface area (Å²) in [5, 5.41) is 0. The Kier molecular flexibility index (Phi) is 4.63. The van der Waals surface area contributed by atoms with E-state index >= 15 is 0 Å². The van der Waals surface area contributed by atoms with E-state index in [2.05, 4.69) is 43.3 Å². The Hall–Kier alpha value is -0.860. The second-order valence-electron chi connectivity index (χ2n) is 3.95. The van der Waals surface area contributed by atoms with Gasteiger partial charge in [0, 0.05) is 6.54 Å². The second-order valence-corrected chi connectivity index (χ2v) is 3.95. The van der Waals surface area contributed by atoms with Gasteiger partial charge in [0.1, 0.15) is 0 Å². The van der Waals surface area contributed by atoms with Crippen molar-refractivity contribution in [3.63, 3.8) is 0 Å². The van der Waals surface area contributed by atoms with Gasteiger partial charge >= 0.3 is 0 Å². The molecule has 0 bridgehead atoms. The van der Waals surface area contributed by atoms with Crippen molar-refractivity contribution in [3.8, 4) is 0 Å². The van der Waals surface area contributed by atoms with Gasteiger partial charge in [-0.05, 0) is 44.6 Å². The summed E-state index contributed by atoms with van der Waals surface area (Å²) in [5.74, 6) is 0. The van der Waals surface area contributed by atoms with Crippen LogP contribution in [0.15, 0.2) is 24.3 Å². The summed E-state index contributed by atoms with van der Waals surface area (Å²) in [6.07, 6.45) is 2.17. The van der Waals surface area contributed by atoms with E-state index in [1.54, 1.807) is 0 Å². The molecule has 1 aromatic rings. The van der Waals surface area contributed by atoms with Crippen molar-refractivity contribution in [3.05, 3.63) is 35.4 Å². The van der Waals surface area contributed by atoms with Crippen molar-refractivity contribution in [1.29, 1.82) is 0 Å². The van der Waals surface area contributed by atoms with Gasteiger partial charge in [0.25, 0.3) is 0 Å². The molecule has 0 unspecified atom stereocenters. The van der Waals surface area contributed by atoms with Gasteiger partial charge in [-0.2, -0.15) is 0 Å². The molecule has 0 heterocycles. The Morgan fingerprint density at radius 2 is 1.64 bits per heavy atom. The highest BCUT2D eigenvalue weighted by atomic mass is 15.0. The standard InChI is InChI=1S/C12H20N2/c1-14(2)10-12-7-5-11(6-8-12)4-3-9-13/h5-8H,3-4,9-10,13H2,1-2H3. The van der Waals surface area contributed by atoms with Crippen molar-refractivity contribution < 1.29 is 0 Å². The van der Waals surface area contributed by atoms with Gasteiger partial charge in [-0.15, -0.1) is 0 Å². The number of rotatable bonds is 5. The van der Waals surface area contributed by atoms with Crippen LogP contribution in [-0.4, -0.2) is 25.5 Å². The van der Waals surface area contributed by atoms with Gasteiger partial charge in [0.15, 0.2) is 0 Å². The smallest absolute Gasteiger partial charge is 0.0227 e. The monoisotopic (exact) mass is 192 g/mol. The zero-order chi connectivity index (χ0) is 10.4.